The Hall–Kier alpha value is -2.89. The van der Waals surface area contributed by atoms with E-state index in [-0.39, 0.29) is 17.1 Å². The van der Waals surface area contributed by atoms with E-state index < -0.39 is 4.92 Å². The van der Waals surface area contributed by atoms with Gasteiger partial charge in [0, 0.05) is 29.8 Å². The van der Waals surface area contributed by atoms with Crippen LogP contribution in [0.4, 0.5) is 16.2 Å². The van der Waals surface area contributed by atoms with Crippen molar-refractivity contribution in [3.63, 3.8) is 0 Å². The van der Waals surface area contributed by atoms with Crippen LogP contribution in [-0.4, -0.2) is 17.5 Å². The molecule has 0 bridgehead atoms. The monoisotopic (exact) mass is 311 g/mol. The van der Waals surface area contributed by atoms with Gasteiger partial charge in [0.1, 0.15) is 0 Å². The number of carbonyl (C=O) groups is 1. The van der Waals surface area contributed by atoms with Gasteiger partial charge in [0.15, 0.2) is 0 Å². The zero-order valence-electron chi connectivity index (χ0n) is 12.5. The summed E-state index contributed by atoms with van der Waals surface area (Å²) in [7, 11) is 0. The first-order chi connectivity index (χ1) is 11.1. The van der Waals surface area contributed by atoms with Crippen LogP contribution in [0.3, 0.4) is 0 Å². The Bertz CT molecular complexity index is 710. The minimum absolute atomic E-state index is 0.00281. The maximum atomic E-state index is 12.0. The number of nitro groups is 1. The van der Waals surface area contributed by atoms with Gasteiger partial charge in [-0.25, -0.2) is 4.79 Å². The summed E-state index contributed by atoms with van der Waals surface area (Å²) in [4.78, 5) is 22.1. The fourth-order valence-corrected chi connectivity index (χ4v) is 2.60. The van der Waals surface area contributed by atoms with Crippen molar-refractivity contribution in [1.29, 1.82) is 0 Å². The minimum atomic E-state index is -0.472. The Kier molecular flexibility index (Phi) is 3.97. The smallest absolute Gasteiger partial charge is 0.319 e. The van der Waals surface area contributed by atoms with E-state index in [1.165, 1.54) is 29.8 Å². The van der Waals surface area contributed by atoms with Crippen LogP contribution in [0.15, 0.2) is 54.6 Å². The second-order valence-electron chi connectivity index (χ2n) is 5.76. The summed E-state index contributed by atoms with van der Waals surface area (Å²) >= 11 is 0. The Labute approximate surface area is 133 Å². The molecule has 23 heavy (non-hydrogen) atoms. The Morgan fingerprint density at radius 1 is 1.09 bits per heavy atom. The zero-order valence-corrected chi connectivity index (χ0v) is 12.5. The van der Waals surface area contributed by atoms with Crippen LogP contribution in [0.1, 0.15) is 18.4 Å². The fraction of sp³-hybridized carbons (Fsp3) is 0.235. The van der Waals surface area contributed by atoms with E-state index in [0.29, 0.717) is 12.2 Å². The number of nitrogens with zero attached hydrogens (tertiary/aromatic N) is 1. The van der Waals surface area contributed by atoms with Gasteiger partial charge in [-0.1, -0.05) is 30.3 Å². The number of carbonyl (C=O) groups excluding carboxylic acids is 1. The summed E-state index contributed by atoms with van der Waals surface area (Å²) in [5.41, 5.74) is 1.82. The second-order valence-corrected chi connectivity index (χ2v) is 5.76. The molecule has 6 heteroatoms. The molecule has 1 saturated carbocycles. The number of anilines is 1. The molecule has 1 aliphatic rings. The summed E-state index contributed by atoms with van der Waals surface area (Å²) in [6, 6.07) is 15.6. The van der Waals surface area contributed by atoms with Crippen LogP contribution < -0.4 is 10.6 Å². The van der Waals surface area contributed by atoms with E-state index in [1.807, 2.05) is 18.2 Å². The lowest BCUT2D eigenvalue weighted by Gasteiger charge is -2.17. The fourth-order valence-electron chi connectivity index (χ4n) is 2.60. The molecule has 0 spiro atoms. The molecule has 3 rings (SSSR count). The maximum absolute atomic E-state index is 12.0. The molecule has 0 saturated heterocycles. The summed E-state index contributed by atoms with van der Waals surface area (Å²) in [6.45, 7) is 0.579. The number of rotatable bonds is 5. The molecule has 118 valence electrons. The molecule has 0 heterocycles. The van der Waals surface area contributed by atoms with Gasteiger partial charge in [0.25, 0.3) is 5.69 Å². The van der Waals surface area contributed by atoms with Gasteiger partial charge < -0.3 is 10.6 Å². The predicted octanol–water partition coefficient (Wildman–Crippen LogP) is 3.45. The van der Waals surface area contributed by atoms with Crippen LogP contribution in [0.2, 0.25) is 0 Å². The van der Waals surface area contributed by atoms with E-state index >= 15 is 0 Å². The number of hydrogen-bond donors (Lipinski definition) is 2. The first-order valence-corrected chi connectivity index (χ1v) is 7.44. The third-order valence-corrected chi connectivity index (χ3v) is 4.16. The van der Waals surface area contributed by atoms with Crippen LogP contribution in [0.25, 0.3) is 0 Å². The van der Waals surface area contributed by atoms with E-state index in [1.54, 1.807) is 0 Å². The summed E-state index contributed by atoms with van der Waals surface area (Å²) in [6.07, 6.45) is 2.13. The number of urea groups is 1. The van der Waals surface area contributed by atoms with Crippen LogP contribution >= 0.6 is 0 Å². The number of amides is 2. The van der Waals surface area contributed by atoms with Crippen molar-refractivity contribution in [2.75, 3.05) is 11.9 Å². The lowest BCUT2D eigenvalue weighted by molar-refractivity contribution is -0.384. The van der Waals surface area contributed by atoms with Crippen molar-refractivity contribution in [3.05, 3.63) is 70.3 Å². The lowest BCUT2D eigenvalue weighted by Crippen LogP contribution is -2.35. The maximum Gasteiger partial charge on any atom is 0.319 e. The van der Waals surface area contributed by atoms with Gasteiger partial charge >= 0.3 is 6.03 Å². The molecule has 6 nitrogen and oxygen atoms in total. The molecule has 0 unspecified atom stereocenters. The average Bonchev–Trinajstić information content (AvgIpc) is 3.36. The predicted molar refractivity (Wildman–Crippen MR) is 87.5 cm³/mol. The van der Waals surface area contributed by atoms with Crippen molar-refractivity contribution >= 4 is 17.4 Å². The standard InChI is InChI=1S/C17H17N3O3/c21-16(19-14-6-8-15(9-7-14)20(22)23)18-12-17(10-11-17)13-4-2-1-3-5-13/h1-9H,10-12H2,(H2,18,19,21). The lowest BCUT2D eigenvalue weighted by atomic mass is 9.96. The number of benzene rings is 2. The molecule has 1 fully saturated rings. The van der Waals surface area contributed by atoms with Crippen LogP contribution in [0, 0.1) is 10.1 Å². The number of nitro benzene ring substituents is 1. The Morgan fingerprint density at radius 2 is 1.74 bits per heavy atom. The van der Waals surface area contributed by atoms with Crippen molar-refractivity contribution in [3.8, 4) is 0 Å². The van der Waals surface area contributed by atoms with Crippen molar-refractivity contribution in [2.24, 2.45) is 0 Å². The quantitative estimate of drug-likeness (QED) is 0.655. The molecule has 2 amide bonds. The Morgan fingerprint density at radius 3 is 2.30 bits per heavy atom. The first-order valence-electron chi connectivity index (χ1n) is 7.44. The summed E-state index contributed by atoms with van der Waals surface area (Å²) in [5.74, 6) is 0. The summed E-state index contributed by atoms with van der Waals surface area (Å²) < 4.78 is 0. The molecule has 0 aliphatic heterocycles. The molecular formula is C17H17N3O3. The number of nitrogens with one attached hydrogen (secondary N) is 2. The van der Waals surface area contributed by atoms with Crippen LogP contribution in [0.5, 0.6) is 0 Å². The van der Waals surface area contributed by atoms with E-state index in [9.17, 15) is 14.9 Å². The van der Waals surface area contributed by atoms with Crippen molar-refractivity contribution in [2.45, 2.75) is 18.3 Å². The zero-order chi connectivity index (χ0) is 16.3. The molecule has 0 aromatic heterocycles. The summed E-state index contributed by atoms with van der Waals surface area (Å²) in [5, 5.41) is 16.2. The molecule has 2 N–H and O–H groups in total. The van der Waals surface area contributed by atoms with Crippen LogP contribution in [-0.2, 0) is 5.41 Å². The number of non-ortho nitro benzene ring substituents is 1. The molecule has 0 radical (unpaired) electrons. The van der Waals surface area contributed by atoms with E-state index in [0.717, 1.165) is 12.8 Å². The van der Waals surface area contributed by atoms with Crippen molar-refractivity contribution < 1.29 is 9.72 Å². The van der Waals surface area contributed by atoms with Crippen molar-refractivity contribution in [1.82, 2.24) is 5.32 Å². The molecule has 1 aliphatic carbocycles. The molecule has 0 atom stereocenters. The van der Waals surface area contributed by atoms with Gasteiger partial charge in [0.05, 0.1) is 4.92 Å². The van der Waals surface area contributed by atoms with Gasteiger partial charge in [-0.3, -0.25) is 10.1 Å². The highest BCUT2D eigenvalue weighted by atomic mass is 16.6. The first kappa shape index (κ1) is 15.0. The Balaban J connectivity index is 1.55. The minimum Gasteiger partial charge on any atom is -0.337 e. The van der Waals surface area contributed by atoms with Gasteiger partial charge in [-0.2, -0.15) is 0 Å². The normalized spacial score (nSPS) is 14.8. The van der Waals surface area contributed by atoms with E-state index in [2.05, 4.69) is 22.8 Å². The second kappa shape index (κ2) is 6.08. The molecule has 2 aromatic rings. The molecule has 2 aromatic carbocycles. The highest BCUT2D eigenvalue weighted by molar-refractivity contribution is 5.89. The topological polar surface area (TPSA) is 84.3 Å². The molecular weight excluding hydrogens is 294 g/mol. The third-order valence-electron chi connectivity index (χ3n) is 4.16. The number of hydrogen-bond acceptors (Lipinski definition) is 3. The highest BCUT2D eigenvalue weighted by Crippen LogP contribution is 2.47. The average molecular weight is 311 g/mol. The van der Waals surface area contributed by atoms with Gasteiger partial charge in [-0.15, -0.1) is 0 Å². The largest absolute Gasteiger partial charge is 0.337 e. The highest BCUT2D eigenvalue weighted by Gasteiger charge is 2.44. The van der Waals surface area contributed by atoms with Gasteiger partial charge in [-0.05, 0) is 30.5 Å². The van der Waals surface area contributed by atoms with E-state index in [4.69, 9.17) is 0 Å². The third kappa shape index (κ3) is 3.48. The van der Waals surface area contributed by atoms with Gasteiger partial charge in [0.2, 0.25) is 0 Å². The SMILES string of the molecule is O=C(NCC1(c2ccccc2)CC1)Nc1ccc([N+](=O)[O-])cc1.